The number of carbonyl (C=O) groups is 2. The van der Waals surface area contributed by atoms with Crippen LogP contribution in [0.2, 0.25) is 0 Å². The second-order valence-electron chi connectivity index (χ2n) is 10.1. The molecule has 2 aliphatic rings. The predicted octanol–water partition coefficient (Wildman–Crippen LogP) is 4.66. The topological polar surface area (TPSA) is 61.9 Å². The van der Waals surface area contributed by atoms with Crippen LogP contribution in [0.1, 0.15) is 78.2 Å². The summed E-state index contributed by atoms with van der Waals surface area (Å²) in [6.07, 6.45) is 10.7. The van der Waals surface area contributed by atoms with Crippen LogP contribution in [-0.2, 0) is 16.0 Å². The SMILES string of the molecule is CC1CCCCC1.COc1ccc(CCN2CCC[C@H]2CN(C(C)=O)[C@H](C)CNC(C)=O)cc1. The fourth-order valence-electron chi connectivity index (χ4n) is 5.02. The zero-order chi connectivity index (χ0) is 24.9. The fourth-order valence-corrected chi connectivity index (χ4v) is 5.02. The molecule has 3 rings (SSSR count). The first-order valence-electron chi connectivity index (χ1n) is 13.2. The summed E-state index contributed by atoms with van der Waals surface area (Å²) in [7, 11) is 1.68. The van der Waals surface area contributed by atoms with Crippen LogP contribution >= 0.6 is 0 Å². The molecule has 0 spiro atoms. The molecule has 1 aromatic carbocycles. The van der Waals surface area contributed by atoms with E-state index in [1.54, 1.807) is 14.0 Å². The number of nitrogens with zero attached hydrogens (tertiary/aromatic N) is 2. The Morgan fingerprint density at radius 2 is 1.76 bits per heavy atom. The summed E-state index contributed by atoms with van der Waals surface area (Å²) in [5, 5.41) is 2.82. The van der Waals surface area contributed by atoms with E-state index in [9.17, 15) is 9.59 Å². The van der Waals surface area contributed by atoms with Gasteiger partial charge in [-0.05, 0) is 56.3 Å². The van der Waals surface area contributed by atoms with Crippen LogP contribution in [0, 0.1) is 5.92 Å². The van der Waals surface area contributed by atoms with Gasteiger partial charge >= 0.3 is 0 Å². The zero-order valence-electron chi connectivity index (χ0n) is 22.1. The van der Waals surface area contributed by atoms with Gasteiger partial charge in [-0.25, -0.2) is 0 Å². The molecular weight excluding hydrogens is 426 g/mol. The van der Waals surface area contributed by atoms with Crippen molar-refractivity contribution in [2.24, 2.45) is 5.92 Å². The number of amides is 2. The highest BCUT2D eigenvalue weighted by Crippen LogP contribution is 2.22. The number of hydrogen-bond acceptors (Lipinski definition) is 4. The number of likely N-dealkylation sites (tertiary alicyclic amines) is 1. The Hall–Kier alpha value is -2.08. The van der Waals surface area contributed by atoms with E-state index in [2.05, 4.69) is 29.3 Å². The van der Waals surface area contributed by atoms with Gasteiger partial charge in [0.2, 0.25) is 11.8 Å². The molecule has 0 unspecified atom stereocenters. The third kappa shape index (κ3) is 10.0. The molecule has 6 nitrogen and oxygen atoms in total. The summed E-state index contributed by atoms with van der Waals surface area (Å²) in [6.45, 7) is 10.7. The second-order valence-corrected chi connectivity index (χ2v) is 10.1. The molecule has 1 aromatic rings. The maximum atomic E-state index is 12.1. The highest BCUT2D eigenvalue weighted by molar-refractivity contribution is 5.74. The zero-order valence-corrected chi connectivity index (χ0v) is 22.1. The summed E-state index contributed by atoms with van der Waals surface area (Å²) in [6, 6.07) is 8.60. The van der Waals surface area contributed by atoms with Crippen molar-refractivity contribution in [3.63, 3.8) is 0 Å². The maximum absolute atomic E-state index is 12.1. The Labute approximate surface area is 207 Å². The van der Waals surface area contributed by atoms with Crippen LogP contribution in [-0.4, -0.2) is 67.0 Å². The Morgan fingerprint density at radius 1 is 1.09 bits per heavy atom. The average molecular weight is 474 g/mol. The largest absolute Gasteiger partial charge is 0.497 e. The van der Waals surface area contributed by atoms with E-state index in [4.69, 9.17) is 4.74 Å². The number of methoxy groups -OCH3 is 1. The van der Waals surface area contributed by atoms with E-state index in [-0.39, 0.29) is 17.9 Å². The van der Waals surface area contributed by atoms with Crippen LogP contribution in [0.4, 0.5) is 0 Å². The van der Waals surface area contributed by atoms with Crippen molar-refractivity contribution in [2.45, 2.75) is 91.1 Å². The molecule has 6 heteroatoms. The van der Waals surface area contributed by atoms with Gasteiger partial charge in [-0.2, -0.15) is 0 Å². The minimum Gasteiger partial charge on any atom is -0.497 e. The number of hydrogen-bond donors (Lipinski definition) is 1. The van der Waals surface area contributed by atoms with E-state index in [0.717, 1.165) is 44.1 Å². The van der Waals surface area contributed by atoms with Crippen molar-refractivity contribution in [2.75, 3.05) is 33.3 Å². The summed E-state index contributed by atoms with van der Waals surface area (Å²) >= 11 is 0. The van der Waals surface area contributed by atoms with Crippen molar-refractivity contribution in [3.8, 4) is 5.75 Å². The molecule has 2 atom stereocenters. The maximum Gasteiger partial charge on any atom is 0.219 e. The van der Waals surface area contributed by atoms with Crippen molar-refractivity contribution in [1.82, 2.24) is 15.1 Å². The molecule has 0 radical (unpaired) electrons. The molecule has 1 heterocycles. The standard InChI is InChI=1S/C21H33N3O3.C7H14/c1-16(14-22-17(2)25)24(18(3)26)15-20-6-5-12-23(20)13-11-19-7-9-21(27-4)10-8-19;1-7-5-3-2-4-6-7/h7-10,16,20H,5-6,11-15H2,1-4H3,(H,22,25);7H,2-6H2,1H3/t16-,20+;/m1./s1. The molecule has 192 valence electrons. The highest BCUT2D eigenvalue weighted by Gasteiger charge is 2.29. The molecule has 1 saturated carbocycles. The number of ether oxygens (including phenoxy) is 1. The van der Waals surface area contributed by atoms with Crippen LogP contribution in [0.15, 0.2) is 24.3 Å². The number of carbonyl (C=O) groups excluding carboxylic acids is 2. The monoisotopic (exact) mass is 473 g/mol. The van der Waals surface area contributed by atoms with Crippen molar-refractivity contribution < 1.29 is 14.3 Å². The molecule has 2 fully saturated rings. The highest BCUT2D eigenvalue weighted by atomic mass is 16.5. The van der Waals surface area contributed by atoms with Crippen molar-refractivity contribution >= 4 is 11.8 Å². The second kappa shape index (κ2) is 15.0. The average Bonchev–Trinajstić information content (AvgIpc) is 3.27. The van der Waals surface area contributed by atoms with Crippen LogP contribution in [0.3, 0.4) is 0 Å². The number of rotatable bonds is 9. The lowest BCUT2D eigenvalue weighted by atomic mass is 9.91. The smallest absolute Gasteiger partial charge is 0.219 e. The van der Waals surface area contributed by atoms with Gasteiger partial charge in [-0.15, -0.1) is 0 Å². The van der Waals surface area contributed by atoms with Crippen LogP contribution in [0.5, 0.6) is 5.75 Å². The van der Waals surface area contributed by atoms with Gasteiger partial charge in [0.05, 0.1) is 7.11 Å². The van der Waals surface area contributed by atoms with Gasteiger partial charge < -0.3 is 15.0 Å². The molecule has 2 amide bonds. The third-order valence-corrected chi connectivity index (χ3v) is 7.23. The number of benzene rings is 1. The quantitative estimate of drug-likeness (QED) is 0.567. The van der Waals surface area contributed by atoms with E-state index in [1.807, 2.05) is 24.0 Å². The first-order valence-corrected chi connectivity index (χ1v) is 13.2. The Kier molecular flexibility index (Phi) is 12.4. The molecular formula is C28H47N3O3. The lowest BCUT2D eigenvalue weighted by Gasteiger charge is -2.34. The predicted molar refractivity (Wildman–Crippen MR) is 139 cm³/mol. The van der Waals surface area contributed by atoms with E-state index in [1.165, 1.54) is 51.0 Å². The van der Waals surface area contributed by atoms with Gasteiger partial charge in [0.25, 0.3) is 0 Å². The molecule has 0 bridgehead atoms. The number of nitrogens with one attached hydrogen (secondary N) is 1. The van der Waals surface area contributed by atoms with E-state index < -0.39 is 0 Å². The normalized spacial score (nSPS) is 19.6. The molecule has 0 aromatic heterocycles. The van der Waals surface area contributed by atoms with Gasteiger partial charge in [0.15, 0.2) is 0 Å². The minimum atomic E-state index is -0.0627. The molecule has 1 aliphatic heterocycles. The van der Waals surface area contributed by atoms with E-state index in [0.29, 0.717) is 12.6 Å². The van der Waals surface area contributed by atoms with Gasteiger partial charge in [0, 0.05) is 45.6 Å². The van der Waals surface area contributed by atoms with Crippen molar-refractivity contribution in [3.05, 3.63) is 29.8 Å². The first-order chi connectivity index (χ1) is 16.3. The third-order valence-electron chi connectivity index (χ3n) is 7.23. The molecule has 34 heavy (non-hydrogen) atoms. The molecule has 1 saturated heterocycles. The first kappa shape index (κ1) is 28.2. The summed E-state index contributed by atoms with van der Waals surface area (Å²) in [5.41, 5.74) is 1.30. The van der Waals surface area contributed by atoms with Crippen LogP contribution in [0.25, 0.3) is 0 Å². The Balaban J connectivity index is 0.000000497. The Bertz CT molecular complexity index is 731. The van der Waals surface area contributed by atoms with Crippen molar-refractivity contribution in [1.29, 1.82) is 0 Å². The summed E-state index contributed by atoms with van der Waals surface area (Å²) in [5.74, 6) is 1.92. The summed E-state index contributed by atoms with van der Waals surface area (Å²) < 4.78 is 5.21. The molecule has 1 N–H and O–H groups in total. The lowest BCUT2D eigenvalue weighted by Crippen LogP contribution is -2.49. The summed E-state index contributed by atoms with van der Waals surface area (Å²) in [4.78, 5) is 27.7. The van der Waals surface area contributed by atoms with Crippen LogP contribution < -0.4 is 10.1 Å². The minimum absolute atomic E-state index is 0.00422. The lowest BCUT2D eigenvalue weighted by molar-refractivity contribution is -0.132. The van der Waals surface area contributed by atoms with Gasteiger partial charge in [-0.1, -0.05) is 51.2 Å². The van der Waals surface area contributed by atoms with E-state index >= 15 is 0 Å². The molecule has 1 aliphatic carbocycles. The fraction of sp³-hybridized carbons (Fsp3) is 0.714. The Morgan fingerprint density at radius 3 is 2.29 bits per heavy atom. The van der Waals surface area contributed by atoms with Gasteiger partial charge in [-0.3, -0.25) is 14.5 Å². The van der Waals surface area contributed by atoms with Gasteiger partial charge in [0.1, 0.15) is 5.75 Å².